The highest BCUT2D eigenvalue weighted by Gasteiger charge is 2.25. The number of carbonyl (C=O) groups is 1. The fraction of sp³-hybridized carbons (Fsp3) is 0.280. The van der Waals surface area contributed by atoms with Crippen LogP contribution in [0.4, 0.5) is 0 Å². The molecule has 0 saturated heterocycles. The largest absolute Gasteiger partial charge is 0.507 e. The van der Waals surface area contributed by atoms with E-state index >= 15 is 0 Å². The van der Waals surface area contributed by atoms with Crippen LogP contribution in [0.3, 0.4) is 0 Å². The summed E-state index contributed by atoms with van der Waals surface area (Å²) in [6.45, 7) is 3.88. The maximum absolute atomic E-state index is 13.3. The predicted molar refractivity (Wildman–Crippen MR) is 131 cm³/mol. The lowest BCUT2D eigenvalue weighted by molar-refractivity contribution is -0.123. The fourth-order valence-corrected chi connectivity index (χ4v) is 5.76. The first-order chi connectivity index (χ1) is 15.9. The van der Waals surface area contributed by atoms with Crippen molar-refractivity contribution in [1.29, 1.82) is 0 Å². The minimum absolute atomic E-state index is 0.0715. The van der Waals surface area contributed by atoms with Gasteiger partial charge in [-0.05, 0) is 54.5 Å². The van der Waals surface area contributed by atoms with Crippen molar-refractivity contribution in [2.45, 2.75) is 39.2 Å². The van der Waals surface area contributed by atoms with Gasteiger partial charge in [0.25, 0.3) is 11.5 Å². The second-order valence-corrected chi connectivity index (χ2v) is 9.70. The maximum atomic E-state index is 13.3. The number of hydrazone groups is 1. The standard InChI is InChI=1S/C25H24N4O3S/c1-14-7-9-18-21(11-14)33-24-22(18)25(32)29(13-26-24)15(2)23(31)28-27-12-19-17-6-4-3-5-16(17)8-10-20(19)30/h3-6,8,10,12-15,30H,7,9,11H2,1-2H3,(H,28,31)/b27-12+/t14-,15-/m0/s1. The number of thiophene rings is 1. The first kappa shape index (κ1) is 21.3. The molecule has 2 aromatic carbocycles. The summed E-state index contributed by atoms with van der Waals surface area (Å²) in [4.78, 5) is 32.5. The van der Waals surface area contributed by atoms with E-state index in [0.29, 0.717) is 16.9 Å². The van der Waals surface area contributed by atoms with Crippen molar-refractivity contribution < 1.29 is 9.90 Å². The quantitative estimate of drug-likeness (QED) is 0.353. The third-order valence-corrected chi connectivity index (χ3v) is 7.52. The van der Waals surface area contributed by atoms with Crippen LogP contribution < -0.4 is 11.0 Å². The summed E-state index contributed by atoms with van der Waals surface area (Å²) in [5, 5.41) is 16.7. The monoisotopic (exact) mass is 460 g/mol. The number of fused-ring (bicyclic) bond motifs is 4. The Balaban J connectivity index is 1.40. The molecule has 2 heterocycles. The zero-order chi connectivity index (χ0) is 23.1. The number of aromatic hydroxyl groups is 1. The summed E-state index contributed by atoms with van der Waals surface area (Å²) >= 11 is 1.59. The normalized spacial score (nSPS) is 16.8. The number of hydrogen-bond donors (Lipinski definition) is 2. The number of aromatic nitrogens is 2. The highest BCUT2D eigenvalue weighted by molar-refractivity contribution is 7.18. The number of nitrogens with zero attached hydrogens (tertiary/aromatic N) is 3. The van der Waals surface area contributed by atoms with E-state index < -0.39 is 11.9 Å². The molecule has 2 aromatic heterocycles. The van der Waals surface area contributed by atoms with Crippen molar-refractivity contribution in [3.8, 4) is 5.75 Å². The zero-order valence-electron chi connectivity index (χ0n) is 18.4. The Hall–Kier alpha value is -3.52. The number of hydrogen-bond acceptors (Lipinski definition) is 6. The van der Waals surface area contributed by atoms with Gasteiger partial charge in [0.1, 0.15) is 16.6 Å². The molecule has 0 bridgehead atoms. The molecule has 0 radical (unpaired) electrons. The molecule has 0 aliphatic heterocycles. The number of phenols is 1. The van der Waals surface area contributed by atoms with Gasteiger partial charge >= 0.3 is 0 Å². The average Bonchev–Trinajstić information content (AvgIpc) is 3.18. The molecular weight excluding hydrogens is 436 g/mol. The number of rotatable bonds is 4. The van der Waals surface area contributed by atoms with E-state index in [-0.39, 0.29) is 11.3 Å². The van der Waals surface area contributed by atoms with Gasteiger partial charge in [0.2, 0.25) is 0 Å². The van der Waals surface area contributed by atoms with E-state index in [1.165, 1.54) is 22.0 Å². The summed E-state index contributed by atoms with van der Waals surface area (Å²) in [5.74, 6) is 0.241. The van der Waals surface area contributed by atoms with Crippen molar-refractivity contribution in [3.63, 3.8) is 0 Å². The first-order valence-electron chi connectivity index (χ1n) is 11.0. The molecule has 7 nitrogen and oxygen atoms in total. The molecular formula is C25H24N4O3S. The van der Waals surface area contributed by atoms with Gasteiger partial charge in [0.15, 0.2) is 0 Å². The smallest absolute Gasteiger partial charge is 0.263 e. The van der Waals surface area contributed by atoms with Crippen molar-refractivity contribution in [2.24, 2.45) is 11.0 Å². The SMILES string of the molecule is C[C@H]1CCc2c(sc3ncn([C@@H](C)C(=O)N/N=C/c4c(O)ccc5ccccc45)c(=O)c23)C1. The van der Waals surface area contributed by atoms with Gasteiger partial charge in [0, 0.05) is 10.4 Å². The third-order valence-electron chi connectivity index (χ3n) is 6.35. The van der Waals surface area contributed by atoms with Gasteiger partial charge in [-0.3, -0.25) is 14.2 Å². The van der Waals surface area contributed by atoms with Crippen LogP contribution >= 0.6 is 11.3 Å². The highest BCUT2D eigenvalue weighted by atomic mass is 32.1. The summed E-state index contributed by atoms with van der Waals surface area (Å²) in [6, 6.07) is 10.2. The van der Waals surface area contributed by atoms with E-state index in [1.807, 2.05) is 30.3 Å². The number of aryl methyl sites for hydroxylation is 1. The van der Waals surface area contributed by atoms with E-state index in [1.54, 1.807) is 24.3 Å². The van der Waals surface area contributed by atoms with Crippen LogP contribution in [0.1, 0.15) is 42.3 Å². The lowest BCUT2D eigenvalue weighted by Crippen LogP contribution is -2.34. The van der Waals surface area contributed by atoms with Crippen molar-refractivity contribution in [2.75, 3.05) is 0 Å². The van der Waals surface area contributed by atoms with Crippen LogP contribution in [0.15, 0.2) is 52.6 Å². The van der Waals surface area contributed by atoms with Crippen LogP contribution in [0.5, 0.6) is 5.75 Å². The first-order valence-corrected chi connectivity index (χ1v) is 11.8. The lowest BCUT2D eigenvalue weighted by Gasteiger charge is -2.18. The topological polar surface area (TPSA) is 96.6 Å². The average molecular weight is 461 g/mol. The van der Waals surface area contributed by atoms with E-state index in [4.69, 9.17) is 0 Å². The summed E-state index contributed by atoms with van der Waals surface area (Å²) in [6.07, 6.45) is 5.76. The van der Waals surface area contributed by atoms with E-state index in [9.17, 15) is 14.7 Å². The summed E-state index contributed by atoms with van der Waals surface area (Å²) < 4.78 is 1.37. The van der Waals surface area contributed by atoms with Crippen molar-refractivity contribution >= 4 is 44.4 Å². The molecule has 1 aliphatic carbocycles. The minimum Gasteiger partial charge on any atom is -0.507 e. The molecule has 33 heavy (non-hydrogen) atoms. The molecule has 2 atom stereocenters. The van der Waals surface area contributed by atoms with Crippen LogP contribution in [-0.4, -0.2) is 26.8 Å². The van der Waals surface area contributed by atoms with Crippen LogP contribution in [0.25, 0.3) is 21.0 Å². The Morgan fingerprint density at radius 1 is 1.33 bits per heavy atom. The van der Waals surface area contributed by atoms with Crippen molar-refractivity contribution in [1.82, 2.24) is 15.0 Å². The number of benzene rings is 2. The highest BCUT2D eigenvalue weighted by Crippen LogP contribution is 2.35. The van der Waals surface area contributed by atoms with Gasteiger partial charge in [-0.25, -0.2) is 10.4 Å². The Morgan fingerprint density at radius 2 is 2.15 bits per heavy atom. The van der Waals surface area contributed by atoms with Crippen molar-refractivity contribution in [3.05, 3.63) is 69.1 Å². The summed E-state index contributed by atoms with van der Waals surface area (Å²) in [7, 11) is 0. The Kier molecular flexibility index (Phi) is 5.46. The van der Waals surface area contributed by atoms with Gasteiger partial charge in [-0.2, -0.15) is 5.10 Å². The van der Waals surface area contributed by atoms with Gasteiger partial charge in [0.05, 0.1) is 17.9 Å². The maximum Gasteiger partial charge on any atom is 0.263 e. The van der Waals surface area contributed by atoms with Gasteiger partial charge in [-0.1, -0.05) is 37.3 Å². The van der Waals surface area contributed by atoms with E-state index in [0.717, 1.165) is 40.4 Å². The van der Waals surface area contributed by atoms with Crippen LogP contribution in [0.2, 0.25) is 0 Å². The number of nitrogens with one attached hydrogen (secondary N) is 1. The third kappa shape index (κ3) is 3.80. The summed E-state index contributed by atoms with van der Waals surface area (Å²) in [5.41, 5.74) is 3.91. The van der Waals surface area contributed by atoms with E-state index in [2.05, 4.69) is 22.4 Å². The lowest BCUT2D eigenvalue weighted by atomic mass is 9.89. The molecule has 1 aliphatic rings. The molecule has 0 unspecified atom stereocenters. The molecule has 5 rings (SSSR count). The minimum atomic E-state index is -0.786. The second-order valence-electron chi connectivity index (χ2n) is 8.62. The number of amides is 1. The molecule has 0 spiro atoms. The Morgan fingerprint density at radius 3 is 3.00 bits per heavy atom. The van der Waals surface area contributed by atoms with Gasteiger partial charge < -0.3 is 5.11 Å². The molecule has 2 N–H and O–H groups in total. The number of phenolic OH excluding ortho intramolecular Hbond substituents is 1. The molecule has 0 fully saturated rings. The Labute approximate surface area is 194 Å². The Bertz CT molecular complexity index is 1470. The number of carbonyl (C=O) groups excluding carboxylic acids is 1. The van der Waals surface area contributed by atoms with Gasteiger partial charge in [-0.15, -0.1) is 11.3 Å². The zero-order valence-corrected chi connectivity index (χ0v) is 19.2. The van der Waals surface area contributed by atoms with Crippen LogP contribution in [0, 0.1) is 5.92 Å². The molecule has 8 heteroatoms. The molecule has 168 valence electrons. The van der Waals surface area contributed by atoms with Crippen LogP contribution in [-0.2, 0) is 17.6 Å². The molecule has 4 aromatic rings. The molecule has 0 saturated carbocycles. The fourth-order valence-electron chi connectivity index (χ4n) is 4.42. The predicted octanol–water partition coefficient (Wildman–Crippen LogP) is 4.15. The molecule has 1 amide bonds. The second kappa shape index (κ2) is 8.44.